The number of hydrogen-bond acceptors (Lipinski definition) is 5. The number of hydrogen-bond donors (Lipinski definition) is 1. The lowest BCUT2D eigenvalue weighted by atomic mass is 9.60. The molecule has 24 heavy (non-hydrogen) atoms. The first-order chi connectivity index (χ1) is 11.4. The van der Waals surface area contributed by atoms with E-state index in [0.29, 0.717) is 0 Å². The lowest BCUT2D eigenvalue weighted by Crippen LogP contribution is -2.53. The first-order valence-corrected chi connectivity index (χ1v) is 7.89. The lowest BCUT2D eigenvalue weighted by Gasteiger charge is -2.44. The number of esters is 1. The summed E-state index contributed by atoms with van der Waals surface area (Å²) in [6.45, 7) is 2.01. The standard InChI is InChI=1S/C17H18F2O5/c1-2-24-16(22)11-14(20)9-3-4-10(18)13(19)12(9)17(15(11)21)5-7-23-8-6-17/h3-4,11,14,20H,2,5-8H2,1H3. The van der Waals surface area contributed by atoms with E-state index in [2.05, 4.69) is 0 Å². The number of benzene rings is 1. The van der Waals surface area contributed by atoms with Gasteiger partial charge in [0.1, 0.15) is 5.92 Å². The number of carbonyl (C=O) groups is 2. The minimum absolute atomic E-state index is 0.0517. The summed E-state index contributed by atoms with van der Waals surface area (Å²) in [5, 5.41) is 10.5. The predicted molar refractivity (Wildman–Crippen MR) is 78.2 cm³/mol. The summed E-state index contributed by atoms with van der Waals surface area (Å²) >= 11 is 0. The van der Waals surface area contributed by atoms with E-state index in [1.54, 1.807) is 6.92 Å². The Kier molecular flexibility index (Phi) is 4.40. The van der Waals surface area contributed by atoms with Crippen LogP contribution in [-0.4, -0.2) is 36.7 Å². The second kappa shape index (κ2) is 6.22. The third kappa shape index (κ3) is 2.34. The van der Waals surface area contributed by atoms with Crippen molar-refractivity contribution in [3.8, 4) is 0 Å². The Bertz CT molecular complexity index is 682. The van der Waals surface area contributed by atoms with Gasteiger partial charge in [0.2, 0.25) is 0 Å². The Hall–Kier alpha value is -1.86. The van der Waals surface area contributed by atoms with Gasteiger partial charge < -0.3 is 14.6 Å². The molecule has 3 rings (SSSR count). The quantitative estimate of drug-likeness (QED) is 0.657. The number of carbonyl (C=O) groups excluding carboxylic acids is 2. The molecule has 1 spiro atoms. The fourth-order valence-corrected chi connectivity index (χ4v) is 3.73. The molecule has 7 heteroatoms. The van der Waals surface area contributed by atoms with Crippen molar-refractivity contribution >= 4 is 11.8 Å². The zero-order valence-electron chi connectivity index (χ0n) is 13.2. The zero-order chi connectivity index (χ0) is 17.5. The molecule has 0 amide bonds. The molecular formula is C17H18F2O5. The summed E-state index contributed by atoms with van der Waals surface area (Å²) < 4.78 is 38.5. The van der Waals surface area contributed by atoms with E-state index >= 15 is 0 Å². The second-order valence-electron chi connectivity index (χ2n) is 6.06. The van der Waals surface area contributed by atoms with Crippen molar-refractivity contribution < 1.29 is 33.0 Å². The molecule has 1 aromatic rings. The van der Waals surface area contributed by atoms with Crippen LogP contribution in [0, 0.1) is 17.6 Å². The van der Waals surface area contributed by atoms with Gasteiger partial charge >= 0.3 is 5.97 Å². The number of aliphatic hydroxyl groups is 1. The molecule has 1 N–H and O–H groups in total. The molecule has 2 aliphatic rings. The second-order valence-corrected chi connectivity index (χ2v) is 6.06. The zero-order valence-corrected chi connectivity index (χ0v) is 13.2. The molecule has 130 valence electrons. The average Bonchev–Trinajstić information content (AvgIpc) is 2.57. The summed E-state index contributed by atoms with van der Waals surface area (Å²) in [7, 11) is 0. The minimum atomic E-state index is -1.56. The van der Waals surface area contributed by atoms with Crippen molar-refractivity contribution in [2.24, 2.45) is 5.92 Å². The predicted octanol–water partition coefficient (Wildman–Crippen LogP) is 1.81. The maximum absolute atomic E-state index is 14.5. The fourth-order valence-electron chi connectivity index (χ4n) is 3.73. The highest BCUT2D eigenvalue weighted by Gasteiger charge is 2.56. The molecule has 2 unspecified atom stereocenters. The molecular weight excluding hydrogens is 322 g/mol. The number of Topliss-reactive ketones (excluding diaryl/α,β-unsaturated/α-hetero) is 1. The first kappa shape index (κ1) is 17.0. The Labute approximate surface area is 137 Å². The molecule has 0 saturated carbocycles. The van der Waals surface area contributed by atoms with Crippen molar-refractivity contribution in [1.82, 2.24) is 0 Å². The number of aliphatic hydroxyl groups excluding tert-OH is 1. The molecule has 1 heterocycles. The summed E-state index contributed by atoms with van der Waals surface area (Å²) in [4.78, 5) is 25.3. The molecule has 0 radical (unpaired) electrons. The van der Waals surface area contributed by atoms with Gasteiger partial charge in [-0.05, 0) is 31.4 Å². The van der Waals surface area contributed by atoms with E-state index in [0.717, 1.165) is 6.07 Å². The molecule has 2 atom stereocenters. The molecule has 5 nitrogen and oxygen atoms in total. The first-order valence-electron chi connectivity index (χ1n) is 7.89. The fraction of sp³-hybridized carbons (Fsp3) is 0.529. The van der Waals surface area contributed by atoms with Crippen LogP contribution >= 0.6 is 0 Å². The highest BCUT2D eigenvalue weighted by Crippen LogP contribution is 2.49. The van der Waals surface area contributed by atoms with Gasteiger partial charge in [0.25, 0.3) is 0 Å². The summed E-state index contributed by atoms with van der Waals surface area (Å²) in [5.41, 5.74) is -1.46. The van der Waals surface area contributed by atoms with E-state index in [1.807, 2.05) is 0 Å². The van der Waals surface area contributed by atoms with Crippen LogP contribution in [0.4, 0.5) is 8.78 Å². The number of ketones is 1. The largest absolute Gasteiger partial charge is 0.465 e. The van der Waals surface area contributed by atoms with Gasteiger partial charge in [0.15, 0.2) is 17.4 Å². The number of fused-ring (bicyclic) bond motifs is 2. The number of ether oxygens (including phenoxy) is 2. The Morgan fingerprint density at radius 1 is 1.38 bits per heavy atom. The molecule has 1 aliphatic heterocycles. The van der Waals surface area contributed by atoms with Crippen molar-refractivity contribution in [3.05, 3.63) is 34.9 Å². The maximum Gasteiger partial charge on any atom is 0.319 e. The van der Waals surface area contributed by atoms with Crippen molar-refractivity contribution in [2.45, 2.75) is 31.3 Å². The van der Waals surface area contributed by atoms with Crippen molar-refractivity contribution in [2.75, 3.05) is 19.8 Å². The van der Waals surface area contributed by atoms with Crippen molar-refractivity contribution in [1.29, 1.82) is 0 Å². The highest BCUT2D eigenvalue weighted by atomic mass is 19.2. The van der Waals surface area contributed by atoms with Gasteiger partial charge in [-0.1, -0.05) is 6.07 Å². The maximum atomic E-state index is 14.5. The van der Waals surface area contributed by atoms with Crippen LogP contribution in [-0.2, 0) is 24.5 Å². The van der Waals surface area contributed by atoms with E-state index < -0.39 is 40.8 Å². The monoisotopic (exact) mass is 340 g/mol. The minimum Gasteiger partial charge on any atom is -0.465 e. The van der Waals surface area contributed by atoms with Gasteiger partial charge in [-0.3, -0.25) is 9.59 Å². The van der Waals surface area contributed by atoms with Gasteiger partial charge in [-0.2, -0.15) is 0 Å². The normalized spacial score (nSPS) is 25.4. The third-order valence-electron chi connectivity index (χ3n) is 4.88. The van der Waals surface area contributed by atoms with Crippen LogP contribution in [0.5, 0.6) is 0 Å². The molecule has 0 aromatic heterocycles. The number of rotatable bonds is 2. The van der Waals surface area contributed by atoms with Crippen LogP contribution < -0.4 is 0 Å². The van der Waals surface area contributed by atoms with Crippen LogP contribution in [0.1, 0.15) is 37.0 Å². The highest BCUT2D eigenvalue weighted by molar-refractivity contribution is 6.07. The Morgan fingerprint density at radius 3 is 2.67 bits per heavy atom. The lowest BCUT2D eigenvalue weighted by molar-refractivity contribution is -0.161. The van der Waals surface area contributed by atoms with E-state index in [9.17, 15) is 23.5 Å². The van der Waals surface area contributed by atoms with E-state index in [-0.39, 0.29) is 43.8 Å². The van der Waals surface area contributed by atoms with Gasteiger partial charge in [-0.25, -0.2) is 8.78 Å². The van der Waals surface area contributed by atoms with E-state index in [1.165, 1.54) is 6.07 Å². The van der Waals surface area contributed by atoms with Crippen LogP contribution in [0.25, 0.3) is 0 Å². The summed E-state index contributed by atoms with van der Waals surface area (Å²) in [5.74, 6) is -5.16. The molecule has 1 saturated heterocycles. The van der Waals surface area contributed by atoms with Gasteiger partial charge in [0.05, 0.1) is 18.1 Å². The van der Waals surface area contributed by atoms with Gasteiger partial charge in [0, 0.05) is 18.8 Å². The van der Waals surface area contributed by atoms with E-state index in [4.69, 9.17) is 9.47 Å². The third-order valence-corrected chi connectivity index (χ3v) is 4.88. The van der Waals surface area contributed by atoms with Gasteiger partial charge in [-0.15, -0.1) is 0 Å². The molecule has 1 aliphatic carbocycles. The summed E-state index contributed by atoms with van der Waals surface area (Å²) in [6, 6.07) is 2.12. The smallest absolute Gasteiger partial charge is 0.319 e. The SMILES string of the molecule is CCOC(=O)C1C(=O)C2(CCOCC2)c2c(ccc(F)c2F)C1O. The average molecular weight is 340 g/mol. The molecule has 1 aromatic carbocycles. The molecule has 1 fully saturated rings. The van der Waals surface area contributed by atoms with Crippen molar-refractivity contribution in [3.63, 3.8) is 0 Å². The van der Waals surface area contributed by atoms with Crippen LogP contribution in [0.15, 0.2) is 12.1 Å². The van der Waals surface area contributed by atoms with Crippen LogP contribution in [0.3, 0.4) is 0 Å². The van der Waals surface area contributed by atoms with Crippen LogP contribution in [0.2, 0.25) is 0 Å². The Morgan fingerprint density at radius 2 is 2.04 bits per heavy atom. The topological polar surface area (TPSA) is 72.8 Å². The number of halogens is 2. The molecule has 0 bridgehead atoms. The Balaban J connectivity index is 2.21. The summed E-state index contributed by atoms with van der Waals surface area (Å²) in [6.07, 6.45) is -1.31.